The highest BCUT2D eigenvalue weighted by molar-refractivity contribution is 6.05. The number of nitrogens with two attached hydrogens (primary N) is 1. The summed E-state index contributed by atoms with van der Waals surface area (Å²) < 4.78 is 15.0. The highest BCUT2D eigenvalue weighted by Crippen LogP contribution is 2.38. The lowest BCUT2D eigenvalue weighted by atomic mass is 10.0. The van der Waals surface area contributed by atoms with Gasteiger partial charge >= 0.3 is 0 Å². The molecule has 68 heavy (non-hydrogen) atoms. The number of nitrogens with one attached hydrogen (secondary N) is 3. The number of ketones is 2. The predicted octanol–water partition coefficient (Wildman–Crippen LogP) is 6.82. The summed E-state index contributed by atoms with van der Waals surface area (Å²) in [6.45, 7) is 6.26. The third-order valence-corrected chi connectivity index (χ3v) is 12.4. The number of carbonyl (C=O) groups is 6. The first-order valence-corrected chi connectivity index (χ1v) is 23.0. The average molecular weight is 925 g/mol. The fourth-order valence-corrected chi connectivity index (χ4v) is 8.32. The van der Waals surface area contributed by atoms with Gasteiger partial charge in [-0.2, -0.15) is 0 Å². The molecule has 5 aromatic rings. The molecule has 356 valence electrons. The highest BCUT2D eigenvalue weighted by Gasteiger charge is 2.31. The molecule has 7 rings (SSSR count). The topological polar surface area (TPSA) is 208 Å². The molecule has 2 aliphatic heterocycles. The standard InChI is InChI=1S/C52H60N8O8/c1-31(2)49(53)51(65)55-32(3)44(61)22-34-14-18-37(19-15-34)57-50(64)43-24-36(29-58(43)4)35-16-12-33(13-17-35)23-45(62)42-25-38(30-59(42)5)56-48(63)11-9-21-68-47-27-41-40(26-46(47)67-6)52(66)60-20-8-7-10-39(60)28-54-41/h12-19,24-32,39,49H,7-11,20-23,53H2,1-6H3,(H,55,65)(H,56,63)(H,57,64)/t32-,39-,49-/m0/s1. The summed E-state index contributed by atoms with van der Waals surface area (Å²) in [7, 11) is 5.07. The van der Waals surface area contributed by atoms with E-state index in [-0.39, 0.29) is 73.0 Å². The number of Topliss-reactive ketones (excluding diaryl/α,β-unsaturated/α-hetero) is 2. The van der Waals surface area contributed by atoms with E-state index in [1.54, 1.807) is 84.9 Å². The van der Waals surface area contributed by atoms with E-state index >= 15 is 0 Å². The van der Waals surface area contributed by atoms with Crippen molar-refractivity contribution in [1.29, 1.82) is 0 Å². The van der Waals surface area contributed by atoms with Crippen molar-refractivity contribution in [2.24, 2.45) is 30.7 Å². The Morgan fingerprint density at radius 1 is 0.809 bits per heavy atom. The molecule has 2 aromatic heterocycles. The maximum atomic E-state index is 13.4. The van der Waals surface area contributed by atoms with Gasteiger partial charge in [-0.15, -0.1) is 0 Å². The van der Waals surface area contributed by atoms with Crippen LogP contribution in [0.15, 0.2) is 90.2 Å². The molecule has 0 radical (unpaired) electrons. The minimum Gasteiger partial charge on any atom is -0.493 e. The number of hydrogen-bond acceptors (Lipinski definition) is 10. The number of aliphatic imine (C=N–C) groups is 1. The second kappa shape index (κ2) is 21.5. The average Bonchev–Trinajstić information content (AvgIpc) is 3.87. The first-order chi connectivity index (χ1) is 32.6. The van der Waals surface area contributed by atoms with Gasteiger partial charge in [0.1, 0.15) is 5.69 Å². The lowest BCUT2D eigenvalue weighted by molar-refractivity contribution is -0.128. The molecule has 4 amide bonds. The van der Waals surface area contributed by atoms with Gasteiger partial charge in [-0.05, 0) is 85.5 Å². The molecule has 0 saturated carbocycles. The van der Waals surface area contributed by atoms with Gasteiger partial charge in [0.25, 0.3) is 11.8 Å². The van der Waals surface area contributed by atoms with Crippen molar-refractivity contribution >= 4 is 58.5 Å². The van der Waals surface area contributed by atoms with E-state index in [4.69, 9.17) is 15.2 Å². The van der Waals surface area contributed by atoms with Crippen molar-refractivity contribution in [1.82, 2.24) is 19.4 Å². The zero-order chi connectivity index (χ0) is 48.6. The summed E-state index contributed by atoms with van der Waals surface area (Å²) in [5.41, 5.74) is 12.1. The van der Waals surface area contributed by atoms with Crippen molar-refractivity contribution in [3.63, 3.8) is 0 Å². The monoisotopic (exact) mass is 924 g/mol. The number of ether oxygens (including phenoxy) is 2. The Hall–Kier alpha value is -7.33. The largest absolute Gasteiger partial charge is 0.493 e. The predicted molar refractivity (Wildman–Crippen MR) is 261 cm³/mol. The van der Waals surface area contributed by atoms with Crippen molar-refractivity contribution < 1.29 is 38.2 Å². The summed E-state index contributed by atoms with van der Waals surface area (Å²) in [5, 5.41) is 8.49. The molecule has 3 aromatic carbocycles. The van der Waals surface area contributed by atoms with Gasteiger partial charge in [0, 0.05) is 75.8 Å². The Morgan fingerprint density at radius 3 is 2.24 bits per heavy atom. The zero-order valence-electron chi connectivity index (χ0n) is 39.5. The molecular weight excluding hydrogens is 865 g/mol. The molecule has 4 heterocycles. The van der Waals surface area contributed by atoms with Gasteiger partial charge in [0.15, 0.2) is 23.1 Å². The molecule has 0 spiro atoms. The third kappa shape index (κ3) is 11.6. The number of benzene rings is 3. The second-order valence-electron chi connectivity index (χ2n) is 17.9. The van der Waals surface area contributed by atoms with Crippen LogP contribution in [0.2, 0.25) is 0 Å². The molecule has 5 N–H and O–H groups in total. The zero-order valence-corrected chi connectivity index (χ0v) is 39.5. The molecule has 3 atom stereocenters. The molecule has 16 nitrogen and oxygen atoms in total. The first-order valence-electron chi connectivity index (χ1n) is 23.0. The number of nitrogens with zero attached hydrogens (tertiary/aromatic N) is 4. The van der Waals surface area contributed by atoms with E-state index in [1.807, 2.05) is 55.4 Å². The van der Waals surface area contributed by atoms with Gasteiger partial charge in [0.2, 0.25) is 11.8 Å². The number of anilines is 2. The molecule has 0 unspecified atom stereocenters. The number of rotatable bonds is 19. The van der Waals surface area contributed by atoms with Gasteiger partial charge in [-0.3, -0.25) is 33.8 Å². The summed E-state index contributed by atoms with van der Waals surface area (Å²) >= 11 is 0. The van der Waals surface area contributed by atoms with Crippen LogP contribution in [0.5, 0.6) is 11.5 Å². The van der Waals surface area contributed by atoms with Crippen LogP contribution in [0.4, 0.5) is 17.1 Å². The molecule has 1 fully saturated rings. The van der Waals surface area contributed by atoms with Crippen LogP contribution in [0.25, 0.3) is 11.1 Å². The molecule has 2 aliphatic rings. The van der Waals surface area contributed by atoms with E-state index in [0.717, 1.165) is 41.5 Å². The summed E-state index contributed by atoms with van der Waals surface area (Å²) in [4.78, 5) is 84.6. The van der Waals surface area contributed by atoms with Crippen molar-refractivity contribution in [3.8, 4) is 22.6 Å². The minimum absolute atomic E-state index is 0.0161. The number of carbonyl (C=O) groups excluding carboxylic acids is 6. The fourth-order valence-electron chi connectivity index (χ4n) is 8.32. The highest BCUT2D eigenvalue weighted by atomic mass is 16.5. The van der Waals surface area contributed by atoms with Crippen LogP contribution in [-0.4, -0.2) is 93.8 Å². The molecular formula is C52H60N8O8. The third-order valence-electron chi connectivity index (χ3n) is 12.4. The lowest BCUT2D eigenvalue weighted by Gasteiger charge is -2.32. The molecule has 16 heteroatoms. The van der Waals surface area contributed by atoms with E-state index in [9.17, 15) is 28.8 Å². The number of fused-ring (bicyclic) bond motifs is 2. The Kier molecular flexibility index (Phi) is 15.4. The minimum atomic E-state index is -0.691. The van der Waals surface area contributed by atoms with Crippen molar-refractivity contribution in [2.75, 3.05) is 30.9 Å². The normalized spacial score (nSPS) is 15.1. The van der Waals surface area contributed by atoms with Crippen LogP contribution < -0.4 is 31.2 Å². The fraction of sp³-hybridized carbons (Fsp3) is 0.365. The molecule has 1 saturated heterocycles. The number of aromatic nitrogens is 2. The molecule has 0 bridgehead atoms. The summed E-state index contributed by atoms with van der Waals surface area (Å²) in [5.74, 6) is -0.400. The second-order valence-corrected chi connectivity index (χ2v) is 17.9. The quantitative estimate of drug-likeness (QED) is 0.0505. The van der Waals surface area contributed by atoms with Crippen molar-refractivity contribution in [3.05, 3.63) is 113 Å². The maximum absolute atomic E-state index is 13.4. The number of aryl methyl sites for hydroxylation is 2. The van der Waals surface area contributed by atoms with E-state index in [2.05, 4.69) is 20.9 Å². The van der Waals surface area contributed by atoms with Crippen LogP contribution >= 0.6 is 0 Å². The van der Waals surface area contributed by atoms with E-state index in [1.165, 1.54) is 7.11 Å². The summed E-state index contributed by atoms with van der Waals surface area (Å²) in [6, 6.07) is 20.0. The van der Waals surface area contributed by atoms with Gasteiger partial charge in [-0.1, -0.05) is 50.2 Å². The SMILES string of the molecule is COc1cc2c(cc1OCCCC(=O)Nc1cc(C(=O)Cc3ccc(-c4cc(C(=O)Nc5ccc(CC(=O)[C@H](C)NC(=O)[C@@H](N)C(C)C)cc5)n(C)c4)cc3)n(C)c1)N=C[C@@H]1CCCCN1C2=O. The first kappa shape index (κ1) is 48.6. The van der Waals surface area contributed by atoms with Crippen molar-refractivity contribution in [2.45, 2.75) is 83.8 Å². The number of piperidine rings is 1. The Bertz CT molecular complexity index is 2720. The van der Waals surface area contributed by atoms with Crippen LogP contribution in [0.3, 0.4) is 0 Å². The smallest absolute Gasteiger partial charge is 0.272 e. The maximum Gasteiger partial charge on any atom is 0.272 e. The Labute approximate surface area is 396 Å². The Morgan fingerprint density at radius 2 is 1.51 bits per heavy atom. The number of methoxy groups -OCH3 is 1. The van der Waals surface area contributed by atoms with E-state index in [0.29, 0.717) is 58.5 Å². The van der Waals surface area contributed by atoms with E-state index < -0.39 is 12.1 Å². The van der Waals surface area contributed by atoms with Crippen LogP contribution in [0.1, 0.15) is 95.3 Å². The van der Waals surface area contributed by atoms with Gasteiger partial charge in [0.05, 0.1) is 54.5 Å². The van der Waals surface area contributed by atoms with Gasteiger partial charge < -0.3 is 45.2 Å². The summed E-state index contributed by atoms with van der Waals surface area (Å²) in [6.07, 6.45) is 9.18. The number of amides is 4. The lowest BCUT2D eigenvalue weighted by Crippen LogP contribution is -2.49. The number of hydrogen-bond donors (Lipinski definition) is 4. The molecule has 0 aliphatic carbocycles. The van der Waals surface area contributed by atoms with Crippen LogP contribution in [-0.2, 0) is 41.3 Å². The van der Waals surface area contributed by atoms with Crippen LogP contribution in [0, 0.1) is 5.92 Å². The Balaban J connectivity index is 0.867. The van der Waals surface area contributed by atoms with Gasteiger partial charge in [-0.25, -0.2) is 0 Å².